The Kier molecular flexibility index (Phi) is 9.94. The maximum Gasteiger partial charge on any atom is 0.194 e. The highest BCUT2D eigenvalue weighted by Crippen LogP contribution is 2.37. The molecule has 0 nitrogen and oxygen atoms in total. The minimum Gasteiger partial charge on any atom is -0.206 e. The molecule has 0 amide bonds. The quantitative estimate of drug-likeness (QED) is 0.136. The van der Waals surface area contributed by atoms with Crippen LogP contribution < -0.4 is 0 Å². The average molecular weight is 639 g/mol. The molecule has 0 N–H and O–H groups in total. The van der Waals surface area contributed by atoms with Crippen LogP contribution in [0, 0.1) is 59.4 Å². The molecule has 0 unspecified atom stereocenters. The fourth-order valence-corrected chi connectivity index (χ4v) is 5.71. The van der Waals surface area contributed by atoms with E-state index in [0.29, 0.717) is 17.4 Å². The van der Waals surface area contributed by atoms with Gasteiger partial charge in [-0.2, -0.15) is 0 Å². The molecule has 0 aromatic heterocycles. The standard InChI is InChI=1S/C19H18F4.C19H12F4/c2*1-11-2-4-12(5-3-11)13-6-7-15(16(20)8-13)14-9-17(21)19(23)18(22)10-14/h6-12H,2-5H2,1H3;2-10H,1H3. The largest absolute Gasteiger partial charge is 0.206 e. The van der Waals surface area contributed by atoms with Crippen molar-refractivity contribution in [2.24, 2.45) is 5.92 Å². The summed E-state index contributed by atoms with van der Waals surface area (Å²) in [6, 6.07) is 19.9. The Bertz CT molecular complexity index is 1810. The van der Waals surface area contributed by atoms with Crippen molar-refractivity contribution in [3.8, 4) is 33.4 Å². The first-order valence-electron chi connectivity index (χ1n) is 14.9. The van der Waals surface area contributed by atoms with E-state index in [1.807, 2.05) is 31.2 Å². The smallest absolute Gasteiger partial charge is 0.194 e. The molecule has 0 bridgehead atoms. The van der Waals surface area contributed by atoms with Gasteiger partial charge in [-0.15, -0.1) is 0 Å². The van der Waals surface area contributed by atoms with Gasteiger partial charge >= 0.3 is 0 Å². The maximum atomic E-state index is 14.4. The molecule has 5 aromatic carbocycles. The minimum absolute atomic E-state index is 0.00252. The molecule has 0 spiro atoms. The Hall–Kier alpha value is -4.46. The normalized spacial score (nSPS) is 16.1. The molecule has 1 fully saturated rings. The number of hydrogen-bond donors (Lipinski definition) is 0. The van der Waals surface area contributed by atoms with Crippen molar-refractivity contribution in [2.45, 2.75) is 45.4 Å². The zero-order chi connectivity index (χ0) is 33.1. The van der Waals surface area contributed by atoms with Crippen molar-refractivity contribution in [1.82, 2.24) is 0 Å². The molecule has 0 aliphatic heterocycles. The first-order chi connectivity index (χ1) is 21.9. The Morgan fingerprint density at radius 3 is 1.30 bits per heavy atom. The third-order valence-electron chi connectivity index (χ3n) is 8.42. The Morgan fingerprint density at radius 1 is 0.435 bits per heavy atom. The van der Waals surface area contributed by atoms with Crippen LogP contribution in [0.25, 0.3) is 33.4 Å². The van der Waals surface area contributed by atoms with Gasteiger partial charge in [0, 0.05) is 11.1 Å². The van der Waals surface area contributed by atoms with Crippen molar-refractivity contribution in [1.29, 1.82) is 0 Å². The summed E-state index contributed by atoms with van der Waals surface area (Å²) in [4.78, 5) is 0. The number of benzene rings is 5. The van der Waals surface area contributed by atoms with E-state index in [0.717, 1.165) is 66.6 Å². The fourth-order valence-electron chi connectivity index (χ4n) is 5.71. The van der Waals surface area contributed by atoms with E-state index >= 15 is 0 Å². The highest BCUT2D eigenvalue weighted by Gasteiger charge is 2.21. The van der Waals surface area contributed by atoms with Gasteiger partial charge in [0.05, 0.1) is 0 Å². The monoisotopic (exact) mass is 638 g/mol. The van der Waals surface area contributed by atoms with Gasteiger partial charge in [0.1, 0.15) is 11.6 Å². The van der Waals surface area contributed by atoms with Gasteiger partial charge in [-0.1, -0.05) is 73.9 Å². The number of halogens is 8. The van der Waals surface area contributed by atoms with Gasteiger partial charge in [-0.25, -0.2) is 35.1 Å². The minimum atomic E-state index is -1.56. The molecular formula is C38H30F8. The van der Waals surface area contributed by atoms with Gasteiger partial charge < -0.3 is 0 Å². The van der Waals surface area contributed by atoms with E-state index in [1.54, 1.807) is 12.1 Å². The SMILES string of the molecule is CC1CCC(c2ccc(-c3cc(F)c(F)c(F)c3)c(F)c2)CC1.Cc1ccc(-c2ccc(-c3cc(F)c(F)c(F)c3)c(F)c2)cc1. The van der Waals surface area contributed by atoms with Crippen LogP contribution in [0.4, 0.5) is 35.1 Å². The van der Waals surface area contributed by atoms with Crippen LogP contribution in [0.5, 0.6) is 0 Å². The third-order valence-corrected chi connectivity index (χ3v) is 8.42. The lowest BCUT2D eigenvalue weighted by Gasteiger charge is -2.26. The van der Waals surface area contributed by atoms with E-state index in [4.69, 9.17) is 0 Å². The lowest BCUT2D eigenvalue weighted by Crippen LogP contribution is -2.11. The zero-order valence-electron chi connectivity index (χ0n) is 25.1. The summed E-state index contributed by atoms with van der Waals surface area (Å²) < 4.78 is 108. The zero-order valence-corrected chi connectivity index (χ0v) is 25.1. The molecule has 5 aromatic rings. The van der Waals surface area contributed by atoms with E-state index in [1.165, 1.54) is 24.3 Å². The van der Waals surface area contributed by atoms with Crippen LogP contribution in [0.1, 0.15) is 49.7 Å². The lowest BCUT2D eigenvalue weighted by atomic mass is 9.79. The van der Waals surface area contributed by atoms with Gasteiger partial charge in [0.15, 0.2) is 34.9 Å². The van der Waals surface area contributed by atoms with Crippen LogP contribution >= 0.6 is 0 Å². The summed E-state index contributed by atoms with van der Waals surface area (Å²) in [5.74, 6) is -8.55. The van der Waals surface area contributed by atoms with Crippen LogP contribution in [0.3, 0.4) is 0 Å². The molecule has 238 valence electrons. The molecule has 1 aliphatic carbocycles. The van der Waals surface area contributed by atoms with Crippen molar-refractivity contribution < 1.29 is 35.1 Å². The predicted molar refractivity (Wildman–Crippen MR) is 164 cm³/mol. The number of aryl methyl sites for hydroxylation is 1. The van der Waals surface area contributed by atoms with E-state index in [2.05, 4.69) is 6.92 Å². The van der Waals surface area contributed by atoms with E-state index in [9.17, 15) is 35.1 Å². The Balaban J connectivity index is 0.000000181. The van der Waals surface area contributed by atoms with Crippen molar-refractivity contribution in [3.05, 3.63) is 143 Å². The summed E-state index contributed by atoms with van der Waals surface area (Å²) in [5.41, 5.74) is 3.53. The maximum absolute atomic E-state index is 14.4. The second-order valence-corrected chi connectivity index (χ2v) is 11.8. The van der Waals surface area contributed by atoms with Gasteiger partial charge in [0.2, 0.25) is 0 Å². The van der Waals surface area contributed by atoms with Crippen LogP contribution in [0.2, 0.25) is 0 Å². The molecule has 6 rings (SSSR count). The van der Waals surface area contributed by atoms with Gasteiger partial charge in [-0.05, 0) is 95.8 Å². The fraction of sp³-hybridized carbons (Fsp3) is 0.211. The molecule has 0 saturated heterocycles. The van der Waals surface area contributed by atoms with Crippen LogP contribution in [-0.4, -0.2) is 0 Å². The predicted octanol–water partition coefficient (Wildman–Crippen LogP) is 12.1. The molecular weight excluding hydrogens is 608 g/mol. The molecule has 8 heteroatoms. The van der Waals surface area contributed by atoms with Crippen molar-refractivity contribution in [2.75, 3.05) is 0 Å². The molecule has 1 aliphatic rings. The molecule has 0 atom stereocenters. The van der Waals surface area contributed by atoms with Gasteiger partial charge in [0.25, 0.3) is 0 Å². The summed E-state index contributed by atoms with van der Waals surface area (Å²) in [7, 11) is 0. The van der Waals surface area contributed by atoms with E-state index < -0.39 is 46.5 Å². The molecule has 1 saturated carbocycles. The van der Waals surface area contributed by atoms with Crippen LogP contribution in [0.15, 0.2) is 84.9 Å². The highest BCUT2D eigenvalue weighted by molar-refractivity contribution is 5.71. The summed E-state index contributed by atoms with van der Waals surface area (Å²) in [5, 5.41) is 0. The average Bonchev–Trinajstić information content (AvgIpc) is 3.03. The topological polar surface area (TPSA) is 0 Å². The Labute approximate surface area is 262 Å². The van der Waals surface area contributed by atoms with E-state index in [-0.39, 0.29) is 22.3 Å². The lowest BCUT2D eigenvalue weighted by molar-refractivity contribution is 0.347. The first kappa shape index (κ1) is 32.9. The Morgan fingerprint density at radius 2 is 0.848 bits per heavy atom. The number of hydrogen-bond acceptors (Lipinski definition) is 0. The summed E-state index contributed by atoms with van der Waals surface area (Å²) in [6.07, 6.45) is 4.31. The second-order valence-electron chi connectivity index (χ2n) is 11.8. The third kappa shape index (κ3) is 7.33. The van der Waals surface area contributed by atoms with Crippen LogP contribution in [-0.2, 0) is 0 Å². The van der Waals surface area contributed by atoms with Crippen molar-refractivity contribution in [3.63, 3.8) is 0 Å². The number of rotatable bonds is 4. The molecule has 46 heavy (non-hydrogen) atoms. The summed E-state index contributed by atoms with van der Waals surface area (Å²) >= 11 is 0. The highest BCUT2D eigenvalue weighted by atomic mass is 19.2. The van der Waals surface area contributed by atoms with Gasteiger partial charge in [-0.3, -0.25) is 0 Å². The second kappa shape index (κ2) is 13.9. The molecule has 0 radical (unpaired) electrons. The first-order valence-corrected chi connectivity index (χ1v) is 14.9. The molecule has 0 heterocycles. The van der Waals surface area contributed by atoms with Crippen molar-refractivity contribution >= 4 is 0 Å². The summed E-state index contributed by atoms with van der Waals surface area (Å²) in [6.45, 7) is 4.17.